The Morgan fingerprint density at radius 2 is 1.61 bits per heavy atom. The maximum absolute atomic E-state index is 13.7. The van der Waals surface area contributed by atoms with Crippen LogP contribution in [0.1, 0.15) is 37.0 Å². The first-order valence-electron chi connectivity index (χ1n) is 11.9. The summed E-state index contributed by atoms with van der Waals surface area (Å²) in [7, 11) is 0. The van der Waals surface area contributed by atoms with E-state index in [1.165, 1.54) is 29.2 Å². The third-order valence-electron chi connectivity index (χ3n) is 6.07. The van der Waals surface area contributed by atoms with E-state index in [4.69, 9.17) is 0 Å². The van der Waals surface area contributed by atoms with Gasteiger partial charge in [-0.2, -0.15) is 0 Å². The number of hydrogen-bond acceptors (Lipinski definition) is 4. The number of carbonyl (C=O) groups excluding carboxylic acids is 2. The van der Waals surface area contributed by atoms with Crippen molar-refractivity contribution in [2.45, 2.75) is 51.7 Å². The van der Waals surface area contributed by atoms with Crippen molar-refractivity contribution in [3.05, 3.63) is 111 Å². The number of nitro groups is 1. The molecule has 0 aliphatic rings. The number of carbonyl (C=O) groups is 2. The molecule has 0 aliphatic carbocycles. The average Bonchev–Trinajstić information content (AvgIpc) is 2.87. The SMILES string of the molecule is CC[C@@H](C)NC(=O)[C@H](Cc1ccccc1)N(Cc1ccc(F)cc1)C(=O)Cc1ccccc1[N+](=O)[O-]. The summed E-state index contributed by atoms with van der Waals surface area (Å²) in [6.45, 7) is 3.88. The molecule has 0 heterocycles. The van der Waals surface area contributed by atoms with Gasteiger partial charge in [-0.05, 0) is 36.6 Å². The van der Waals surface area contributed by atoms with E-state index in [1.54, 1.807) is 24.3 Å². The van der Waals surface area contributed by atoms with Crippen LogP contribution in [0.3, 0.4) is 0 Å². The molecule has 0 bridgehead atoms. The molecule has 0 saturated carbocycles. The molecule has 3 aromatic carbocycles. The number of rotatable bonds is 11. The molecule has 0 aromatic heterocycles. The van der Waals surface area contributed by atoms with Crippen LogP contribution in [0.4, 0.5) is 10.1 Å². The van der Waals surface area contributed by atoms with Crippen molar-refractivity contribution in [3.8, 4) is 0 Å². The lowest BCUT2D eigenvalue weighted by atomic mass is 10.0. The van der Waals surface area contributed by atoms with Crippen molar-refractivity contribution in [2.75, 3.05) is 0 Å². The molecular weight excluding hydrogens is 461 g/mol. The first-order chi connectivity index (χ1) is 17.3. The first kappa shape index (κ1) is 26.5. The van der Waals surface area contributed by atoms with Gasteiger partial charge < -0.3 is 10.2 Å². The Bertz CT molecular complexity index is 1180. The number of hydrogen-bond donors (Lipinski definition) is 1. The Morgan fingerprint density at radius 1 is 0.972 bits per heavy atom. The van der Waals surface area contributed by atoms with Crippen molar-refractivity contribution in [3.63, 3.8) is 0 Å². The summed E-state index contributed by atoms with van der Waals surface area (Å²) in [4.78, 5) is 39.6. The highest BCUT2D eigenvalue weighted by atomic mass is 19.1. The molecular formula is C28H30FN3O4. The van der Waals surface area contributed by atoms with Crippen LogP contribution in [0.2, 0.25) is 0 Å². The fourth-order valence-electron chi connectivity index (χ4n) is 3.88. The minimum Gasteiger partial charge on any atom is -0.352 e. The highest BCUT2D eigenvalue weighted by molar-refractivity contribution is 5.89. The van der Waals surface area contributed by atoms with Crippen molar-refractivity contribution in [1.82, 2.24) is 10.2 Å². The summed E-state index contributed by atoms with van der Waals surface area (Å²) in [5, 5.41) is 14.5. The molecule has 0 radical (unpaired) electrons. The molecule has 0 saturated heterocycles. The third-order valence-corrected chi connectivity index (χ3v) is 6.07. The quantitative estimate of drug-likeness (QED) is 0.307. The average molecular weight is 492 g/mol. The van der Waals surface area contributed by atoms with Gasteiger partial charge in [-0.25, -0.2) is 4.39 Å². The molecule has 3 aromatic rings. The van der Waals surface area contributed by atoms with Crippen LogP contribution in [-0.2, 0) is 29.0 Å². The molecule has 0 unspecified atom stereocenters. The summed E-state index contributed by atoms with van der Waals surface area (Å²) < 4.78 is 13.5. The number of nitro benzene ring substituents is 1. The third kappa shape index (κ3) is 7.21. The van der Waals surface area contributed by atoms with Gasteiger partial charge in [-0.3, -0.25) is 19.7 Å². The Balaban J connectivity index is 2.01. The molecule has 2 atom stereocenters. The Morgan fingerprint density at radius 3 is 2.25 bits per heavy atom. The van der Waals surface area contributed by atoms with Crippen LogP contribution in [0, 0.1) is 15.9 Å². The number of nitrogens with one attached hydrogen (secondary N) is 1. The second kappa shape index (κ2) is 12.6. The van der Waals surface area contributed by atoms with Crippen LogP contribution in [0.25, 0.3) is 0 Å². The van der Waals surface area contributed by atoms with Crippen LogP contribution in [0.5, 0.6) is 0 Å². The summed E-state index contributed by atoms with van der Waals surface area (Å²) >= 11 is 0. The monoisotopic (exact) mass is 491 g/mol. The van der Waals surface area contributed by atoms with Gasteiger partial charge in [0, 0.05) is 30.6 Å². The predicted molar refractivity (Wildman–Crippen MR) is 136 cm³/mol. The lowest BCUT2D eigenvalue weighted by molar-refractivity contribution is -0.385. The molecule has 0 fully saturated rings. The van der Waals surface area contributed by atoms with Crippen LogP contribution < -0.4 is 5.32 Å². The molecule has 36 heavy (non-hydrogen) atoms. The fourth-order valence-corrected chi connectivity index (χ4v) is 3.88. The van der Waals surface area contributed by atoms with E-state index in [1.807, 2.05) is 44.2 Å². The van der Waals surface area contributed by atoms with Gasteiger partial charge in [-0.15, -0.1) is 0 Å². The molecule has 3 rings (SSSR count). The standard InChI is InChI=1S/C28H30FN3O4/c1-3-20(2)30-28(34)26(17-21-9-5-4-6-10-21)31(19-22-13-15-24(29)16-14-22)27(33)18-23-11-7-8-12-25(23)32(35)36/h4-16,20,26H,3,17-19H2,1-2H3,(H,30,34)/t20-,26+/m1/s1. The predicted octanol–water partition coefficient (Wildman–Crippen LogP) is 4.83. The minimum atomic E-state index is -0.873. The van der Waals surface area contributed by atoms with Gasteiger partial charge in [0.2, 0.25) is 11.8 Å². The first-order valence-corrected chi connectivity index (χ1v) is 11.9. The molecule has 0 spiro atoms. The van der Waals surface area contributed by atoms with Crippen molar-refractivity contribution < 1.29 is 18.9 Å². The molecule has 188 valence electrons. The van der Waals surface area contributed by atoms with E-state index in [-0.39, 0.29) is 42.6 Å². The topological polar surface area (TPSA) is 92.6 Å². The molecule has 1 N–H and O–H groups in total. The van der Waals surface area contributed by atoms with Gasteiger partial charge in [0.05, 0.1) is 11.3 Å². The van der Waals surface area contributed by atoms with E-state index >= 15 is 0 Å². The molecule has 7 nitrogen and oxygen atoms in total. The van der Waals surface area contributed by atoms with Gasteiger partial charge >= 0.3 is 0 Å². The second-order valence-corrected chi connectivity index (χ2v) is 8.73. The lowest BCUT2D eigenvalue weighted by Crippen LogP contribution is -2.52. The maximum atomic E-state index is 13.7. The highest BCUT2D eigenvalue weighted by Crippen LogP contribution is 2.22. The number of amides is 2. The second-order valence-electron chi connectivity index (χ2n) is 8.73. The van der Waals surface area contributed by atoms with Crippen molar-refractivity contribution in [2.24, 2.45) is 0 Å². The Kier molecular flexibility index (Phi) is 9.27. The number of para-hydroxylation sites is 1. The number of benzene rings is 3. The van der Waals surface area contributed by atoms with E-state index in [9.17, 15) is 24.1 Å². The van der Waals surface area contributed by atoms with Gasteiger partial charge in [0.1, 0.15) is 11.9 Å². The smallest absolute Gasteiger partial charge is 0.273 e. The van der Waals surface area contributed by atoms with Crippen molar-refractivity contribution in [1.29, 1.82) is 0 Å². The van der Waals surface area contributed by atoms with E-state index < -0.39 is 22.7 Å². The van der Waals surface area contributed by atoms with E-state index in [2.05, 4.69) is 5.32 Å². The Labute approximate surface area is 210 Å². The summed E-state index contributed by atoms with van der Waals surface area (Å²) in [5.41, 5.74) is 1.61. The molecule has 8 heteroatoms. The van der Waals surface area contributed by atoms with Crippen LogP contribution in [-0.4, -0.2) is 33.7 Å². The summed E-state index contributed by atoms with van der Waals surface area (Å²) in [6, 6.07) is 20.2. The van der Waals surface area contributed by atoms with Gasteiger partial charge in [-0.1, -0.05) is 67.6 Å². The number of halogens is 1. The van der Waals surface area contributed by atoms with Gasteiger partial charge in [0.25, 0.3) is 5.69 Å². The largest absolute Gasteiger partial charge is 0.352 e. The summed E-state index contributed by atoms with van der Waals surface area (Å²) in [6.07, 6.45) is 0.721. The zero-order valence-corrected chi connectivity index (χ0v) is 20.4. The van der Waals surface area contributed by atoms with E-state index in [0.29, 0.717) is 12.0 Å². The number of nitrogens with zero attached hydrogens (tertiary/aromatic N) is 2. The van der Waals surface area contributed by atoms with Crippen LogP contribution in [0.15, 0.2) is 78.9 Å². The fraction of sp³-hybridized carbons (Fsp3) is 0.286. The highest BCUT2D eigenvalue weighted by Gasteiger charge is 2.32. The normalized spacial score (nSPS) is 12.4. The summed E-state index contributed by atoms with van der Waals surface area (Å²) in [5.74, 6) is -1.16. The maximum Gasteiger partial charge on any atom is 0.273 e. The molecule has 2 amide bonds. The van der Waals surface area contributed by atoms with Gasteiger partial charge in [0.15, 0.2) is 0 Å². The van der Waals surface area contributed by atoms with Crippen LogP contribution >= 0.6 is 0 Å². The zero-order valence-electron chi connectivity index (χ0n) is 20.4. The lowest BCUT2D eigenvalue weighted by Gasteiger charge is -2.32. The molecule has 0 aliphatic heterocycles. The van der Waals surface area contributed by atoms with E-state index in [0.717, 1.165) is 5.56 Å². The van der Waals surface area contributed by atoms with Crippen molar-refractivity contribution >= 4 is 17.5 Å². The minimum absolute atomic E-state index is 0.0468. The zero-order chi connectivity index (χ0) is 26.1. The Hall–Kier alpha value is -4.07.